The van der Waals surface area contributed by atoms with Gasteiger partial charge in [0.2, 0.25) is 5.95 Å². The van der Waals surface area contributed by atoms with Crippen molar-refractivity contribution in [1.82, 2.24) is 19.9 Å². The number of aromatic amines is 1. The zero-order valence-corrected chi connectivity index (χ0v) is 16.0. The number of halogens is 3. The molecule has 1 atom stereocenters. The lowest BCUT2D eigenvalue weighted by molar-refractivity contribution is -0.137. The van der Waals surface area contributed by atoms with Crippen molar-refractivity contribution in [2.75, 3.05) is 25.6 Å². The number of hydrogen-bond donors (Lipinski definition) is 3. The van der Waals surface area contributed by atoms with Crippen molar-refractivity contribution in [2.45, 2.75) is 12.2 Å². The lowest BCUT2D eigenvalue weighted by Gasteiger charge is -2.12. The summed E-state index contributed by atoms with van der Waals surface area (Å²) < 4.78 is 44.0. The molecule has 0 spiro atoms. The van der Waals surface area contributed by atoms with Crippen LogP contribution in [0.15, 0.2) is 43.0 Å². The number of hydrogen-bond acceptors (Lipinski definition) is 6. The Morgan fingerprint density at radius 1 is 1.20 bits per heavy atom. The normalized spacial score (nSPS) is 13.1. The highest BCUT2D eigenvalue weighted by Gasteiger charge is 2.30. The number of ether oxygens (including phenoxy) is 1. The van der Waals surface area contributed by atoms with Crippen molar-refractivity contribution in [3.05, 3.63) is 48.5 Å². The monoisotopic (exact) mass is 416 g/mol. The Morgan fingerprint density at radius 3 is 2.80 bits per heavy atom. The minimum Gasteiger partial charge on any atom is -0.383 e. The van der Waals surface area contributed by atoms with Crippen LogP contribution in [0.2, 0.25) is 0 Å². The first kappa shape index (κ1) is 20.0. The maximum absolute atomic E-state index is 13.0. The molecule has 0 saturated carbocycles. The van der Waals surface area contributed by atoms with Gasteiger partial charge in [-0.2, -0.15) is 13.2 Å². The molecule has 0 aliphatic rings. The molecule has 4 aromatic rings. The largest absolute Gasteiger partial charge is 0.416 e. The lowest BCUT2D eigenvalue weighted by Crippen LogP contribution is -2.33. The highest BCUT2D eigenvalue weighted by atomic mass is 19.4. The van der Waals surface area contributed by atoms with E-state index in [0.29, 0.717) is 52.0 Å². The third-order valence-corrected chi connectivity index (χ3v) is 4.69. The molecule has 0 aliphatic heterocycles. The Hall–Kier alpha value is -3.24. The topological polar surface area (TPSA) is 102 Å². The van der Waals surface area contributed by atoms with E-state index in [9.17, 15) is 13.2 Å². The fourth-order valence-electron chi connectivity index (χ4n) is 3.26. The molecule has 4 N–H and O–H groups in total. The molecule has 30 heavy (non-hydrogen) atoms. The highest BCUT2D eigenvalue weighted by Crippen LogP contribution is 2.36. The van der Waals surface area contributed by atoms with E-state index in [4.69, 9.17) is 10.5 Å². The molecule has 0 fully saturated rings. The summed E-state index contributed by atoms with van der Waals surface area (Å²) in [6, 6.07) is 3.39. The van der Waals surface area contributed by atoms with Gasteiger partial charge in [-0.15, -0.1) is 0 Å². The third-order valence-electron chi connectivity index (χ3n) is 4.69. The van der Waals surface area contributed by atoms with E-state index >= 15 is 0 Å². The van der Waals surface area contributed by atoms with E-state index in [1.165, 1.54) is 6.07 Å². The molecule has 1 aromatic carbocycles. The maximum atomic E-state index is 13.0. The van der Waals surface area contributed by atoms with E-state index in [2.05, 4.69) is 25.3 Å². The molecular weight excluding hydrogens is 397 g/mol. The highest BCUT2D eigenvalue weighted by molar-refractivity contribution is 6.03. The van der Waals surface area contributed by atoms with E-state index in [0.717, 1.165) is 12.1 Å². The van der Waals surface area contributed by atoms with Crippen LogP contribution < -0.4 is 11.1 Å². The number of rotatable bonds is 6. The summed E-state index contributed by atoms with van der Waals surface area (Å²) in [6.45, 7) is 0.818. The molecule has 7 nitrogen and oxygen atoms in total. The number of nitrogens with zero attached hydrogens (tertiary/aromatic N) is 3. The van der Waals surface area contributed by atoms with E-state index < -0.39 is 11.7 Å². The Morgan fingerprint density at radius 2 is 2.03 bits per heavy atom. The third kappa shape index (κ3) is 3.91. The van der Waals surface area contributed by atoms with Crippen LogP contribution in [0.4, 0.5) is 19.1 Å². The number of nitrogens with two attached hydrogens (primary N) is 1. The summed E-state index contributed by atoms with van der Waals surface area (Å²) in [5.74, 6) is 0.390. The average molecular weight is 416 g/mol. The number of benzene rings is 1. The molecular formula is C20H19F3N6O. The van der Waals surface area contributed by atoms with Gasteiger partial charge < -0.3 is 20.8 Å². The number of pyridine rings is 1. The minimum absolute atomic E-state index is 0.220. The molecule has 10 heteroatoms. The van der Waals surface area contributed by atoms with Crippen LogP contribution in [0.3, 0.4) is 0 Å². The Balaban J connectivity index is 1.74. The summed E-state index contributed by atoms with van der Waals surface area (Å²) in [6.07, 6.45) is 2.16. The van der Waals surface area contributed by atoms with Crippen molar-refractivity contribution >= 4 is 27.8 Å². The van der Waals surface area contributed by atoms with Crippen LogP contribution in [0.5, 0.6) is 0 Å². The number of H-pyrrole nitrogens is 1. The number of alkyl halides is 3. The van der Waals surface area contributed by atoms with Gasteiger partial charge in [-0.25, -0.2) is 9.97 Å². The van der Waals surface area contributed by atoms with E-state index in [1.54, 1.807) is 31.9 Å². The van der Waals surface area contributed by atoms with E-state index in [1.807, 2.05) is 0 Å². The van der Waals surface area contributed by atoms with Gasteiger partial charge in [0.25, 0.3) is 0 Å². The van der Waals surface area contributed by atoms with Crippen LogP contribution in [0, 0.1) is 0 Å². The van der Waals surface area contributed by atoms with Crippen LogP contribution in [-0.2, 0) is 10.9 Å². The van der Waals surface area contributed by atoms with Crippen molar-refractivity contribution in [3.63, 3.8) is 0 Å². The number of anilines is 1. The van der Waals surface area contributed by atoms with Crippen molar-refractivity contribution in [1.29, 1.82) is 0 Å². The molecule has 0 saturated heterocycles. The van der Waals surface area contributed by atoms with Crippen molar-refractivity contribution in [2.24, 2.45) is 5.73 Å². The van der Waals surface area contributed by atoms with E-state index in [-0.39, 0.29) is 6.04 Å². The van der Waals surface area contributed by atoms with Crippen LogP contribution >= 0.6 is 0 Å². The zero-order valence-electron chi connectivity index (χ0n) is 16.0. The predicted molar refractivity (Wildman–Crippen MR) is 108 cm³/mol. The summed E-state index contributed by atoms with van der Waals surface area (Å²) in [5, 5.41) is 4.43. The number of methoxy groups -OCH3 is 1. The summed E-state index contributed by atoms with van der Waals surface area (Å²) in [4.78, 5) is 16.0. The van der Waals surface area contributed by atoms with Gasteiger partial charge in [0, 0.05) is 71.9 Å². The van der Waals surface area contributed by atoms with Gasteiger partial charge in [0.15, 0.2) is 0 Å². The summed E-state index contributed by atoms with van der Waals surface area (Å²) in [7, 11) is 1.57. The molecule has 0 radical (unpaired) electrons. The van der Waals surface area contributed by atoms with Crippen LogP contribution in [0.1, 0.15) is 5.56 Å². The predicted octanol–water partition coefficient (Wildman–Crippen LogP) is 3.58. The van der Waals surface area contributed by atoms with Crippen LogP contribution in [0.25, 0.3) is 32.9 Å². The Labute approximate surface area is 169 Å². The first-order valence-corrected chi connectivity index (χ1v) is 9.14. The summed E-state index contributed by atoms with van der Waals surface area (Å²) >= 11 is 0. The van der Waals surface area contributed by atoms with Crippen molar-refractivity contribution in [3.8, 4) is 11.1 Å². The first-order valence-electron chi connectivity index (χ1n) is 9.14. The van der Waals surface area contributed by atoms with Gasteiger partial charge in [-0.05, 0) is 12.1 Å². The quantitative estimate of drug-likeness (QED) is 0.444. The fourth-order valence-corrected chi connectivity index (χ4v) is 3.26. The Bertz CT molecular complexity index is 1190. The number of fused-ring (bicyclic) bond motifs is 2. The van der Waals surface area contributed by atoms with Crippen molar-refractivity contribution < 1.29 is 17.9 Å². The van der Waals surface area contributed by atoms with Crippen LogP contribution in [-0.4, -0.2) is 46.2 Å². The standard InChI is InChI=1S/C20H19F3N6O/c1-30-10-13(24)7-28-19-27-6-11-5-25-8-16(18(11)29-19)15-9-26-17-4-12(20(21,22)23)2-3-14(15)17/h2-6,8-9,13,26H,7,10,24H2,1H3,(H,27,28,29)/t13-/m1/s1. The van der Waals surface area contributed by atoms with Gasteiger partial charge in [-0.3, -0.25) is 4.98 Å². The summed E-state index contributed by atoms with van der Waals surface area (Å²) in [5.41, 5.74) is 7.62. The Kier molecular flexibility index (Phi) is 5.27. The molecule has 3 heterocycles. The number of aromatic nitrogens is 4. The SMILES string of the molecule is COC[C@H](N)CNc1ncc2cncc(-c3c[nH]c4cc(C(F)(F)F)ccc34)c2n1. The van der Waals surface area contributed by atoms with Gasteiger partial charge in [0.05, 0.1) is 17.7 Å². The molecule has 4 rings (SSSR count). The van der Waals surface area contributed by atoms with Gasteiger partial charge in [-0.1, -0.05) is 6.07 Å². The molecule has 0 amide bonds. The second kappa shape index (κ2) is 7.88. The molecule has 0 bridgehead atoms. The first-order chi connectivity index (χ1) is 14.4. The smallest absolute Gasteiger partial charge is 0.383 e. The maximum Gasteiger partial charge on any atom is 0.416 e. The zero-order chi connectivity index (χ0) is 21.3. The average Bonchev–Trinajstić information content (AvgIpc) is 3.14. The fraction of sp³-hybridized carbons (Fsp3) is 0.250. The number of nitrogens with one attached hydrogen (secondary N) is 2. The van der Waals surface area contributed by atoms with Gasteiger partial charge in [0.1, 0.15) is 0 Å². The molecule has 0 aliphatic carbocycles. The minimum atomic E-state index is -4.40. The van der Waals surface area contributed by atoms with Gasteiger partial charge >= 0.3 is 6.18 Å². The second-order valence-corrected chi connectivity index (χ2v) is 6.88. The molecule has 3 aromatic heterocycles. The molecule has 156 valence electrons. The lowest BCUT2D eigenvalue weighted by atomic mass is 10.0. The second-order valence-electron chi connectivity index (χ2n) is 6.88. The molecule has 0 unspecified atom stereocenters.